The van der Waals surface area contributed by atoms with Gasteiger partial charge >= 0.3 is 0 Å². The number of carbonyl (C=O) groups is 2. The number of fused-ring (bicyclic) bond motifs is 1. The molecular weight excluding hydrogens is 434 g/mol. The molecule has 2 aromatic carbocycles. The number of nitrogens with one attached hydrogen (secondary N) is 1. The summed E-state index contributed by atoms with van der Waals surface area (Å²) in [6.45, 7) is 4.66. The van der Waals surface area contributed by atoms with Crippen molar-refractivity contribution < 1.29 is 9.59 Å². The molecule has 0 atom stereocenters. The standard InChI is InChI=1S/C23H24ClN3O3S/c1-15(2)10-11-27-22(30)18-9-8-17(24)13-19(18)25-23(27)31-14-21(29)26-20(28)12-16-6-4-3-5-7-16/h3-9,13,15H,10-12,14H2,1-2H3,(H,26,28,29). The Hall–Kier alpha value is -2.64. The lowest BCUT2D eigenvalue weighted by molar-refractivity contribution is -0.128. The first-order valence-electron chi connectivity index (χ1n) is 10.0. The van der Waals surface area contributed by atoms with Gasteiger partial charge in [-0.1, -0.05) is 67.5 Å². The summed E-state index contributed by atoms with van der Waals surface area (Å²) in [5.74, 6) is -0.417. The zero-order valence-electron chi connectivity index (χ0n) is 17.4. The predicted octanol–water partition coefficient (Wildman–Crippen LogP) is 4.07. The molecule has 3 aromatic rings. The highest BCUT2D eigenvalue weighted by molar-refractivity contribution is 7.99. The van der Waals surface area contributed by atoms with Crippen molar-refractivity contribution in [1.82, 2.24) is 14.9 Å². The van der Waals surface area contributed by atoms with Gasteiger partial charge in [0.2, 0.25) is 11.8 Å². The summed E-state index contributed by atoms with van der Waals surface area (Å²) in [6, 6.07) is 14.2. The van der Waals surface area contributed by atoms with E-state index >= 15 is 0 Å². The molecule has 1 N–H and O–H groups in total. The van der Waals surface area contributed by atoms with Gasteiger partial charge in [-0.3, -0.25) is 24.3 Å². The van der Waals surface area contributed by atoms with E-state index < -0.39 is 5.91 Å². The molecule has 0 bridgehead atoms. The minimum absolute atomic E-state index is 0.0271. The topological polar surface area (TPSA) is 81.1 Å². The van der Waals surface area contributed by atoms with Crippen LogP contribution < -0.4 is 10.9 Å². The lowest BCUT2D eigenvalue weighted by atomic mass is 10.1. The Kier molecular flexibility index (Phi) is 7.87. The largest absolute Gasteiger partial charge is 0.295 e. The molecule has 0 unspecified atom stereocenters. The quantitative estimate of drug-likeness (QED) is 0.407. The molecule has 1 aromatic heterocycles. The van der Waals surface area contributed by atoms with Gasteiger partial charge in [0.25, 0.3) is 5.56 Å². The SMILES string of the molecule is CC(C)CCn1c(SCC(=O)NC(=O)Cc2ccccc2)nc2cc(Cl)ccc2c1=O. The summed E-state index contributed by atoms with van der Waals surface area (Å²) in [4.78, 5) is 42.0. The molecule has 0 spiro atoms. The van der Waals surface area contributed by atoms with Crippen LogP contribution in [0.25, 0.3) is 10.9 Å². The first kappa shape index (κ1) is 23.0. The summed E-state index contributed by atoms with van der Waals surface area (Å²) in [5, 5.41) is 3.80. The average molecular weight is 458 g/mol. The van der Waals surface area contributed by atoms with Crippen LogP contribution in [0.4, 0.5) is 0 Å². The second-order valence-corrected chi connectivity index (χ2v) is 9.00. The Labute approximate surface area is 190 Å². The fourth-order valence-electron chi connectivity index (χ4n) is 3.02. The molecule has 0 saturated carbocycles. The highest BCUT2D eigenvalue weighted by atomic mass is 35.5. The smallest absolute Gasteiger partial charge is 0.262 e. The molecule has 0 aliphatic carbocycles. The van der Waals surface area contributed by atoms with E-state index in [2.05, 4.69) is 24.1 Å². The van der Waals surface area contributed by atoms with Crippen molar-refractivity contribution in [2.45, 2.75) is 38.4 Å². The first-order valence-corrected chi connectivity index (χ1v) is 11.4. The van der Waals surface area contributed by atoms with Crippen molar-refractivity contribution in [3.63, 3.8) is 0 Å². The number of nitrogens with zero attached hydrogens (tertiary/aromatic N) is 2. The number of halogens is 1. The maximum absolute atomic E-state index is 13.0. The van der Waals surface area contributed by atoms with Crippen LogP contribution in [-0.2, 0) is 22.6 Å². The summed E-state index contributed by atoms with van der Waals surface area (Å²) in [5.41, 5.74) is 1.16. The Morgan fingerprint density at radius 1 is 1.13 bits per heavy atom. The van der Waals surface area contributed by atoms with Gasteiger partial charge in [0.15, 0.2) is 5.16 Å². The minimum atomic E-state index is -0.429. The Morgan fingerprint density at radius 3 is 2.58 bits per heavy atom. The molecule has 0 saturated heterocycles. The molecule has 162 valence electrons. The Balaban J connectivity index is 1.74. The first-order chi connectivity index (χ1) is 14.8. The molecule has 3 rings (SSSR count). The summed E-state index contributed by atoms with van der Waals surface area (Å²) >= 11 is 7.19. The number of hydrogen-bond acceptors (Lipinski definition) is 5. The number of amides is 2. The molecule has 1 heterocycles. The molecule has 6 nitrogen and oxygen atoms in total. The number of aromatic nitrogens is 2. The number of imide groups is 1. The molecule has 0 aliphatic rings. The van der Waals surface area contributed by atoms with Gasteiger partial charge in [0, 0.05) is 11.6 Å². The zero-order valence-corrected chi connectivity index (χ0v) is 19.0. The van der Waals surface area contributed by atoms with Crippen LogP contribution in [0.1, 0.15) is 25.8 Å². The lowest BCUT2D eigenvalue weighted by Gasteiger charge is -2.14. The van der Waals surface area contributed by atoms with E-state index in [1.54, 1.807) is 22.8 Å². The van der Waals surface area contributed by atoms with Crippen molar-refractivity contribution in [3.05, 3.63) is 69.5 Å². The fourth-order valence-corrected chi connectivity index (χ4v) is 4.01. The van der Waals surface area contributed by atoms with E-state index in [9.17, 15) is 14.4 Å². The summed E-state index contributed by atoms with van der Waals surface area (Å²) < 4.78 is 1.60. The van der Waals surface area contributed by atoms with E-state index in [1.165, 1.54) is 0 Å². The second-order valence-electron chi connectivity index (χ2n) is 7.62. The van der Waals surface area contributed by atoms with Crippen molar-refractivity contribution in [2.75, 3.05) is 5.75 Å². The predicted molar refractivity (Wildman–Crippen MR) is 124 cm³/mol. The molecule has 0 radical (unpaired) electrons. The van der Waals surface area contributed by atoms with Crippen LogP contribution in [0.2, 0.25) is 5.02 Å². The van der Waals surface area contributed by atoms with Crippen LogP contribution in [-0.4, -0.2) is 27.1 Å². The van der Waals surface area contributed by atoms with E-state index in [-0.39, 0.29) is 23.6 Å². The van der Waals surface area contributed by atoms with Gasteiger partial charge in [0.1, 0.15) is 0 Å². The van der Waals surface area contributed by atoms with Crippen LogP contribution >= 0.6 is 23.4 Å². The number of rotatable bonds is 8. The third-order valence-corrected chi connectivity index (χ3v) is 5.84. The second kappa shape index (κ2) is 10.6. The van der Waals surface area contributed by atoms with Gasteiger partial charge < -0.3 is 0 Å². The van der Waals surface area contributed by atoms with Crippen molar-refractivity contribution >= 4 is 46.1 Å². The van der Waals surface area contributed by atoms with E-state index in [4.69, 9.17) is 11.6 Å². The number of benzene rings is 2. The summed E-state index contributed by atoms with van der Waals surface area (Å²) in [7, 11) is 0. The van der Waals surface area contributed by atoms with E-state index in [1.807, 2.05) is 30.3 Å². The van der Waals surface area contributed by atoms with Gasteiger partial charge in [-0.25, -0.2) is 4.98 Å². The normalized spacial score (nSPS) is 11.1. The zero-order chi connectivity index (χ0) is 22.4. The van der Waals surface area contributed by atoms with Gasteiger partial charge in [0.05, 0.1) is 23.1 Å². The Morgan fingerprint density at radius 2 is 1.87 bits per heavy atom. The van der Waals surface area contributed by atoms with Gasteiger partial charge in [-0.15, -0.1) is 0 Å². The van der Waals surface area contributed by atoms with Crippen molar-refractivity contribution in [3.8, 4) is 0 Å². The minimum Gasteiger partial charge on any atom is -0.295 e. The molecule has 0 aliphatic heterocycles. The lowest BCUT2D eigenvalue weighted by Crippen LogP contribution is -2.33. The molecule has 8 heteroatoms. The maximum atomic E-state index is 13.0. The summed E-state index contributed by atoms with van der Waals surface area (Å²) in [6.07, 6.45) is 0.930. The third-order valence-electron chi connectivity index (χ3n) is 4.63. The Bertz CT molecular complexity index is 1150. The monoisotopic (exact) mass is 457 g/mol. The van der Waals surface area contributed by atoms with Gasteiger partial charge in [-0.05, 0) is 36.1 Å². The van der Waals surface area contributed by atoms with Crippen molar-refractivity contribution in [2.24, 2.45) is 5.92 Å². The van der Waals surface area contributed by atoms with Crippen LogP contribution in [0.3, 0.4) is 0 Å². The van der Waals surface area contributed by atoms with E-state index in [0.717, 1.165) is 23.7 Å². The molecule has 2 amide bonds. The molecule has 0 fully saturated rings. The van der Waals surface area contributed by atoms with Gasteiger partial charge in [-0.2, -0.15) is 0 Å². The highest BCUT2D eigenvalue weighted by Gasteiger charge is 2.15. The van der Waals surface area contributed by atoms with Crippen molar-refractivity contribution in [1.29, 1.82) is 0 Å². The average Bonchev–Trinajstić information content (AvgIpc) is 2.72. The number of thioether (sulfide) groups is 1. The number of hydrogen-bond donors (Lipinski definition) is 1. The van der Waals surface area contributed by atoms with Crippen LogP contribution in [0, 0.1) is 5.92 Å². The van der Waals surface area contributed by atoms with Crippen LogP contribution in [0.5, 0.6) is 0 Å². The molecular formula is C23H24ClN3O3S. The molecule has 31 heavy (non-hydrogen) atoms. The number of carbonyl (C=O) groups excluding carboxylic acids is 2. The van der Waals surface area contributed by atoms with E-state index in [0.29, 0.717) is 33.5 Å². The fraction of sp³-hybridized carbons (Fsp3) is 0.304. The third kappa shape index (κ3) is 6.42. The highest BCUT2D eigenvalue weighted by Crippen LogP contribution is 2.21. The van der Waals surface area contributed by atoms with Crippen LogP contribution in [0.15, 0.2) is 58.5 Å². The maximum Gasteiger partial charge on any atom is 0.262 e.